The average Bonchev–Trinajstić information content (AvgIpc) is 2.42. The number of hydrogen-bond donors (Lipinski definition) is 2. The zero-order valence-electron chi connectivity index (χ0n) is 11.9. The third-order valence-electron chi connectivity index (χ3n) is 3.07. The Labute approximate surface area is 130 Å². The first-order valence-electron chi connectivity index (χ1n) is 6.87. The highest BCUT2D eigenvalue weighted by atomic mass is 35.5. The number of rotatable bonds is 9. The van der Waals surface area contributed by atoms with Gasteiger partial charge in [0.2, 0.25) is 10.0 Å². The lowest BCUT2D eigenvalue weighted by molar-refractivity contribution is -0.139. The van der Waals surface area contributed by atoms with Crippen LogP contribution in [0.25, 0.3) is 0 Å². The first-order chi connectivity index (χ1) is 9.86. The summed E-state index contributed by atoms with van der Waals surface area (Å²) in [5.74, 6) is -1.16. The molecule has 0 unspecified atom stereocenters. The molecule has 0 fully saturated rings. The van der Waals surface area contributed by atoms with Gasteiger partial charge in [-0.1, -0.05) is 44.2 Å². The fourth-order valence-electron chi connectivity index (χ4n) is 1.88. The summed E-state index contributed by atoms with van der Waals surface area (Å²) in [7, 11) is -3.85. The van der Waals surface area contributed by atoms with E-state index >= 15 is 0 Å². The normalized spacial score (nSPS) is 13.0. The third-order valence-corrected chi connectivity index (χ3v) is 4.81. The van der Waals surface area contributed by atoms with E-state index in [9.17, 15) is 13.2 Å². The molecule has 21 heavy (non-hydrogen) atoms. The number of carboxylic acids is 1. The summed E-state index contributed by atoms with van der Waals surface area (Å²) in [6.07, 6.45) is 3.89. The number of benzene rings is 1. The Morgan fingerprint density at radius 3 is 2.38 bits per heavy atom. The van der Waals surface area contributed by atoms with E-state index in [1.165, 1.54) is 24.3 Å². The quantitative estimate of drug-likeness (QED) is 0.680. The summed E-state index contributed by atoms with van der Waals surface area (Å²) in [5.41, 5.74) is 0. The summed E-state index contributed by atoms with van der Waals surface area (Å²) < 4.78 is 26.5. The smallest absolute Gasteiger partial charge is 0.321 e. The van der Waals surface area contributed by atoms with Crippen molar-refractivity contribution in [2.24, 2.45) is 0 Å². The summed E-state index contributed by atoms with van der Waals surface area (Å²) in [5, 5.41) is 9.56. The van der Waals surface area contributed by atoms with Gasteiger partial charge in [-0.3, -0.25) is 4.79 Å². The number of halogens is 1. The minimum atomic E-state index is -3.85. The van der Waals surface area contributed by atoms with Gasteiger partial charge in [-0.2, -0.15) is 4.72 Å². The molecule has 0 heterocycles. The van der Waals surface area contributed by atoms with Gasteiger partial charge in [0.05, 0.1) is 4.90 Å². The first-order valence-corrected chi connectivity index (χ1v) is 8.73. The van der Waals surface area contributed by atoms with Gasteiger partial charge < -0.3 is 5.11 Å². The van der Waals surface area contributed by atoms with Crippen LogP contribution in [0, 0.1) is 0 Å². The van der Waals surface area contributed by atoms with E-state index < -0.39 is 22.0 Å². The van der Waals surface area contributed by atoms with Crippen LogP contribution in [-0.4, -0.2) is 25.5 Å². The van der Waals surface area contributed by atoms with Crippen LogP contribution in [-0.2, 0) is 14.8 Å². The molecule has 0 aromatic heterocycles. The highest BCUT2D eigenvalue weighted by Gasteiger charge is 2.24. The van der Waals surface area contributed by atoms with Crippen molar-refractivity contribution >= 4 is 27.6 Å². The van der Waals surface area contributed by atoms with Crippen LogP contribution in [0.15, 0.2) is 29.2 Å². The van der Waals surface area contributed by atoms with Gasteiger partial charge in [0.15, 0.2) is 0 Å². The number of hydrogen-bond acceptors (Lipinski definition) is 3. The molecule has 0 spiro atoms. The molecule has 0 saturated carbocycles. The Morgan fingerprint density at radius 1 is 1.24 bits per heavy atom. The van der Waals surface area contributed by atoms with Gasteiger partial charge in [-0.25, -0.2) is 8.42 Å². The molecule has 2 N–H and O–H groups in total. The molecule has 0 aliphatic carbocycles. The molecule has 0 amide bonds. The Kier molecular flexibility index (Phi) is 7.14. The van der Waals surface area contributed by atoms with Crippen molar-refractivity contribution < 1.29 is 18.3 Å². The number of unbranched alkanes of at least 4 members (excludes halogenated alkanes) is 3. The van der Waals surface area contributed by atoms with Crippen molar-refractivity contribution in [3.05, 3.63) is 29.3 Å². The van der Waals surface area contributed by atoms with Gasteiger partial charge in [0, 0.05) is 5.02 Å². The molecule has 1 rings (SSSR count). The summed E-state index contributed by atoms with van der Waals surface area (Å²) in [4.78, 5) is 11.2. The molecule has 0 aliphatic heterocycles. The van der Waals surface area contributed by atoms with Crippen molar-refractivity contribution in [3.8, 4) is 0 Å². The maximum atomic E-state index is 12.1. The number of sulfonamides is 1. The van der Waals surface area contributed by atoms with Gasteiger partial charge >= 0.3 is 5.97 Å². The van der Waals surface area contributed by atoms with Gasteiger partial charge in [0.1, 0.15) is 6.04 Å². The molecule has 1 atom stereocenters. The Morgan fingerprint density at radius 2 is 1.86 bits per heavy atom. The highest BCUT2D eigenvalue weighted by Crippen LogP contribution is 2.15. The lowest BCUT2D eigenvalue weighted by atomic mass is 10.1. The largest absolute Gasteiger partial charge is 0.480 e. The zero-order chi connectivity index (χ0) is 15.9. The second-order valence-electron chi connectivity index (χ2n) is 4.82. The summed E-state index contributed by atoms with van der Waals surface area (Å²) in [6.45, 7) is 2.05. The maximum Gasteiger partial charge on any atom is 0.321 e. The fraction of sp³-hybridized carbons (Fsp3) is 0.500. The molecule has 0 bridgehead atoms. The second-order valence-corrected chi connectivity index (χ2v) is 6.97. The lowest BCUT2D eigenvalue weighted by Gasteiger charge is -2.14. The zero-order valence-corrected chi connectivity index (χ0v) is 13.5. The van der Waals surface area contributed by atoms with Gasteiger partial charge in [0.25, 0.3) is 0 Å². The van der Waals surface area contributed by atoms with E-state index in [0.29, 0.717) is 11.4 Å². The molecular weight excluding hydrogens is 314 g/mol. The molecule has 7 heteroatoms. The van der Waals surface area contributed by atoms with Crippen molar-refractivity contribution in [1.82, 2.24) is 4.72 Å². The van der Waals surface area contributed by atoms with E-state index in [1.54, 1.807) is 0 Å². The number of aliphatic carboxylic acids is 1. The summed E-state index contributed by atoms with van der Waals surface area (Å²) >= 11 is 5.71. The van der Waals surface area contributed by atoms with Crippen LogP contribution in [0.3, 0.4) is 0 Å². The molecular formula is C14H20ClNO4S. The number of carboxylic acid groups (broad SMARTS) is 1. The number of carbonyl (C=O) groups is 1. The van der Waals surface area contributed by atoms with E-state index in [1.807, 2.05) is 0 Å². The molecule has 0 aliphatic rings. The fourth-order valence-corrected chi connectivity index (χ4v) is 3.23. The molecule has 0 radical (unpaired) electrons. The van der Waals surface area contributed by atoms with Gasteiger partial charge in [-0.05, 0) is 30.7 Å². The Hall–Kier alpha value is -1.11. The van der Waals surface area contributed by atoms with E-state index in [0.717, 1.165) is 19.3 Å². The minimum absolute atomic E-state index is 0.00621. The van der Waals surface area contributed by atoms with Crippen LogP contribution < -0.4 is 4.72 Å². The van der Waals surface area contributed by atoms with Crippen molar-refractivity contribution in [2.75, 3.05) is 0 Å². The minimum Gasteiger partial charge on any atom is -0.480 e. The maximum absolute atomic E-state index is 12.1. The SMILES string of the molecule is CCCCCC[C@H](NS(=O)(=O)c1ccc(Cl)cc1)C(=O)O. The van der Waals surface area contributed by atoms with Crippen molar-refractivity contribution in [3.63, 3.8) is 0 Å². The van der Waals surface area contributed by atoms with Gasteiger partial charge in [-0.15, -0.1) is 0 Å². The predicted octanol–water partition coefficient (Wildman–Crippen LogP) is 3.04. The van der Waals surface area contributed by atoms with Crippen LogP contribution in [0.4, 0.5) is 0 Å². The topological polar surface area (TPSA) is 83.5 Å². The predicted molar refractivity (Wildman–Crippen MR) is 82.0 cm³/mol. The molecule has 0 saturated heterocycles. The highest BCUT2D eigenvalue weighted by molar-refractivity contribution is 7.89. The molecule has 118 valence electrons. The lowest BCUT2D eigenvalue weighted by Crippen LogP contribution is -2.40. The van der Waals surface area contributed by atoms with Crippen molar-refractivity contribution in [2.45, 2.75) is 50.0 Å². The summed E-state index contributed by atoms with van der Waals surface area (Å²) in [6, 6.07) is 4.49. The average molecular weight is 334 g/mol. The molecule has 1 aromatic carbocycles. The van der Waals surface area contributed by atoms with E-state index in [4.69, 9.17) is 16.7 Å². The monoisotopic (exact) mass is 333 g/mol. The van der Waals surface area contributed by atoms with Crippen LogP contribution in [0.1, 0.15) is 39.0 Å². The molecule has 1 aromatic rings. The van der Waals surface area contributed by atoms with Crippen LogP contribution in [0.2, 0.25) is 5.02 Å². The van der Waals surface area contributed by atoms with E-state index in [-0.39, 0.29) is 11.3 Å². The van der Waals surface area contributed by atoms with Crippen LogP contribution in [0.5, 0.6) is 0 Å². The standard InChI is InChI=1S/C14H20ClNO4S/c1-2-3-4-5-6-13(14(17)18)16-21(19,20)12-9-7-11(15)8-10-12/h7-10,13,16H,2-6H2,1H3,(H,17,18)/t13-/m0/s1. The van der Waals surface area contributed by atoms with E-state index in [2.05, 4.69) is 11.6 Å². The van der Waals surface area contributed by atoms with Crippen molar-refractivity contribution in [1.29, 1.82) is 0 Å². The Bertz CT molecular complexity index is 557. The first kappa shape index (κ1) is 17.9. The second kappa shape index (κ2) is 8.36. The third kappa shape index (κ3) is 6.03. The number of nitrogens with one attached hydrogen (secondary N) is 1. The Balaban J connectivity index is 2.73. The molecule has 5 nitrogen and oxygen atoms in total. The van der Waals surface area contributed by atoms with Crippen LogP contribution >= 0.6 is 11.6 Å².